The summed E-state index contributed by atoms with van der Waals surface area (Å²) in [6.45, 7) is 3.41. The van der Waals surface area contributed by atoms with E-state index in [2.05, 4.69) is 31.7 Å². The van der Waals surface area contributed by atoms with Crippen LogP contribution < -0.4 is 21.5 Å². The van der Waals surface area contributed by atoms with Crippen LogP contribution in [0.25, 0.3) is 0 Å². The van der Waals surface area contributed by atoms with Crippen LogP contribution in [0.15, 0.2) is 104 Å². The van der Waals surface area contributed by atoms with Crippen molar-refractivity contribution < 1.29 is 28.0 Å². The minimum absolute atomic E-state index is 0.106. The second-order valence-corrected chi connectivity index (χ2v) is 8.99. The molecule has 0 bridgehead atoms. The lowest BCUT2D eigenvalue weighted by molar-refractivity contribution is -0.126. The molecule has 42 heavy (non-hydrogen) atoms. The predicted octanol–water partition coefficient (Wildman–Crippen LogP) is 4.54. The molecule has 0 aliphatic rings. The number of anilines is 2. The van der Waals surface area contributed by atoms with Gasteiger partial charge in [-0.05, 0) is 73.5 Å². The van der Waals surface area contributed by atoms with E-state index in [1.165, 1.54) is 12.5 Å². The Hall–Kier alpha value is -5.78. The second-order valence-electron chi connectivity index (χ2n) is 8.99. The molecule has 0 fully saturated rings. The fraction of sp³-hybridized carbons (Fsp3) is 0.133. The first-order valence-corrected chi connectivity index (χ1v) is 12.9. The van der Waals surface area contributed by atoms with E-state index in [-0.39, 0.29) is 36.2 Å². The zero-order valence-corrected chi connectivity index (χ0v) is 22.8. The van der Waals surface area contributed by atoms with E-state index in [4.69, 9.17) is 8.83 Å². The molecule has 2 heterocycles. The van der Waals surface area contributed by atoms with E-state index < -0.39 is 11.8 Å². The first-order valence-electron chi connectivity index (χ1n) is 12.9. The lowest BCUT2D eigenvalue weighted by atomic mass is 10.1. The SMILES string of the molecule is C/C(=N\NC(=O)CCC(=O)N/N=C(\C)c1cccc(NC(=O)c2ccco2)c1)c1cccc(NC(=O)c2ccco2)c1. The summed E-state index contributed by atoms with van der Waals surface area (Å²) < 4.78 is 10.2. The van der Waals surface area contributed by atoms with Gasteiger partial charge in [-0.3, -0.25) is 19.2 Å². The quantitative estimate of drug-likeness (QED) is 0.153. The monoisotopic (exact) mass is 568 g/mol. The van der Waals surface area contributed by atoms with Gasteiger partial charge in [0.2, 0.25) is 11.8 Å². The van der Waals surface area contributed by atoms with Crippen molar-refractivity contribution in [3.05, 3.63) is 108 Å². The van der Waals surface area contributed by atoms with Crippen molar-refractivity contribution in [3.8, 4) is 0 Å². The van der Waals surface area contributed by atoms with Gasteiger partial charge >= 0.3 is 0 Å². The Morgan fingerprint density at radius 1 is 0.619 bits per heavy atom. The molecule has 0 aliphatic carbocycles. The number of carbonyl (C=O) groups excluding carboxylic acids is 4. The molecule has 12 nitrogen and oxygen atoms in total. The molecular formula is C30H28N6O6. The molecule has 0 spiro atoms. The maximum absolute atomic E-state index is 12.3. The van der Waals surface area contributed by atoms with Gasteiger partial charge in [-0.25, -0.2) is 10.9 Å². The van der Waals surface area contributed by atoms with Gasteiger partial charge in [0.05, 0.1) is 23.9 Å². The fourth-order valence-corrected chi connectivity index (χ4v) is 3.61. The van der Waals surface area contributed by atoms with E-state index >= 15 is 0 Å². The standard InChI is InChI=1S/C30H28N6O6/c1-19(21-7-3-9-23(17-21)31-29(39)25-11-5-15-41-25)33-35-27(37)13-14-28(38)36-34-20(2)22-8-4-10-24(18-22)32-30(40)26-12-6-16-42-26/h3-12,15-18H,13-14H2,1-2H3,(H,31,39)(H,32,40)(H,35,37)(H,36,38)/b33-19+,34-20+. The van der Waals surface area contributed by atoms with E-state index in [0.29, 0.717) is 33.9 Å². The molecule has 0 aliphatic heterocycles. The molecule has 2 aromatic heterocycles. The van der Waals surface area contributed by atoms with Crippen LogP contribution in [0.5, 0.6) is 0 Å². The molecule has 0 radical (unpaired) electrons. The molecule has 4 aromatic rings. The highest BCUT2D eigenvalue weighted by Crippen LogP contribution is 2.15. The number of carbonyl (C=O) groups is 4. The molecular weight excluding hydrogens is 540 g/mol. The summed E-state index contributed by atoms with van der Waals surface area (Å²) in [5.74, 6) is -1.31. The summed E-state index contributed by atoms with van der Waals surface area (Å²) in [7, 11) is 0. The summed E-state index contributed by atoms with van der Waals surface area (Å²) >= 11 is 0. The predicted molar refractivity (Wildman–Crippen MR) is 156 cm³/mol. The highest BCUT2D eigenvalue weighted by atomic mass is 16.3. The Morgan fingerprint density at radius 2 is 1.05 bits per heavy atom. The van der Waals surface area contributed by atoms with Gasteiger partial charge in [-0.15, -0.1) is 0 Å². The number of amides is 4. The topological polar surface area (TPSA) is 167 Å². The maximum Gasteiger partial charge on any atom is 0.291 e. The second kappa shape index (κ2) is 14.0. The number of benzene rings is 2. The number of rotatable bonds is 11. The number of hydrazone groups is 2. The van der Waals surface area contributed by atoms with E-state index in [9.17, 15) is 19.2 Å². The van der Waals surface area contributed by atoms with E-state index in [1.54, 1.807) is 86.6 Å². The largest absolute Gasteiger partial charge is 0.459 e. The van der Waals surface area contributed by atoms with Gasteiger partial charge in [0.25, 0.3) is 11.8 Å². The summed E-state index contributed by atoms with van der Waals surface area (Å²) in [6.07, 6.45) is 2.61. The Kier molecular flexibility index (Phi) is 9.76. The van der Waals surface area contributed by atoms with Crippen molar-refractivity contribution in [1.82, 2.24) is 10.9 Å². The van der Waals surface area contributed by atoms with Gasteiger partial charge in [0.15, 0.2) is 11.5 Å². The lowest BCUT2D eigenvalue weighted by Crippen LogP contribution is -2.24. The van der Waals surface area contributed by atoms with Crippen LogP contribution in [0, 0.1) is 0 Å². The Balaban J connectivity index is 1.23. The van der Waals surface area contributed by atoms with Gasteiger partial charge < -0.3 is 19.5 Å². The molecule has 4 amide bonds. The summed E-state index contributed by atoms with van der Waals surface area (Å²) in [6, 6.07) is 20.3. The Labute approximate surface area is 240 Å². The minimum atomic E-state index is -0.451. The van der Waals surface area contributed by atoms with Crippen LogP contribution in [0.2, 0.25) is 0 Å². The molecule has 4 rings (SSSR count). The van der Waals surface area contributed by atoms with Crippen LogP contribution in [0.3, 0.4) is 0 Å². The van der Waals surface area contributed by atoms with Crippen LogP contribution in [0.4, 0.5) is 11.4 Å². The molecule has 2 aromatic carbocycles. The first-order chi connectivity index (χ1) is 20.3. The number of hydrogen-bond donors (Lipinski definition) is 4. The van der Waals surface area contributed by atoms with Crippen molar-refractivity contribution in [2.75, 3.05) is 10.6 Å². The fourth-order valence-electron chi connectivity index (χ4n) is 3.61. The van der Waals surface area contributed by atoms with E-state index in [0.717, 1.165) is 0 Å². The van der Waals surface area contributed by atoms with Gasteiger partial charge in [-0.2, -0.15) is 10.2 Å². The normalized spacial score (nSPS) is 11.5. The van der Waals surface area contributed by atoms with Crippen LogP contribution in [-0.2, 0) is 9.59 Å². The Morgan fingerprint density at radius 3 is 1.43 bits per heavy atom. The third-order valence-corrected chi connectivity index (χ3v) is 5.84. The van der Waals surface area contributed by atoms with Crippen molar-refractivity contribution >= 4 is 46.4 Å². The van der Waals surface area contributed by atoms with Crippen molar-refractivity contribution in [2.45, 2.75) is 26.7 Å². The highest BCUT2D eigenvalue weighted by Gasteiger charge is 2.11. The van der Waals surface area contributed by atoms with Gasteiger partial charge in [0, 0.05) is 24.2 Å². The highest BCUT2D eigenvalue weighted by molar-refractivity contribution is 6.05. The molecule has 12 heteroatoms. The van der Waals surface area contributed by atoms with Crippen LogP contribution in [0.1, 0.15) is 58.9 Å². The van der Waals surface area contributed by atoms with Crippen molar-refractivity contribution in [1.29, 1.82) is 0 Å². The zero-order chi connectivity index (χ0) is 29.9. The summed E-state index contributed by atoms with van der Waals surface area (Å²) in [4.78, 5) is 48.9. The Bertz CT molecular complexity index is 1500. The van der Waals surface area contributed by atoms with Crippen molar-refractivity contribution in [2.24, 2.45) is 10.2 Å². The van der Waals surface area contributed by atoms with E-state index in [1.807, 2.05) is 0 Å². The zero-order valence-electron chi connectivity index (χ0n) is 22.8. The third kappa shape index (κ3) is 8.36. The molecule has 0 saturated heterocycles. The smallest absolute Gasteiger partial charge is 0.291 e. The van der Waals surface area contributed by atoms with Crippen LogP contribution >= 0.6 is 0 Å². The third-order valence-electron chi connectivity index (χ3n) is 5.84. The number of furan rings is 2. The van der Waals surface area contributed by atoms with Gasteiger partial charge in [0.1, 0.15) is 0 Å². The summed E-state index contributed by atoms with van der Waals surface area (Å²) in [5, 5.41) is 13.6. The number of hydrogen-bond acceptors (Lipinski definition) is 8. The molecule has 0 atom stereocenters. The van der Waals surface area contributed by atoms with Gasteiger partial charge in [-0.1, -0.05) is 24.3 Å². The average molecular weight is 569 g/mol. The summed E-state index contributed by atoms with van der Waals surface area (Å²) in [5.41, 5.74) is 8.30. The molecule has 4 N–H and O–H groups in total. The minimum Gasteiger partial charge on any atom is -0.459 e. The molecule has 0 saturated carbocycles. The van der Waals surface area contributed by atoms with Crippen molar-refractivity contribution in [3.63, 3.8) is 0 Å². The lowest BCUT2D eigenvalue weighted by Gasteiger charge is -2.07. The first kappa shape index (κ1) is 29.2. The number of nitrogens with zero attached hydrogens (tertiary/aromatic N) is 2. The maximum atomic E-state index is 12.3. The average Bonchev–Trinajstić information content (AvgIpc) is 3.73. The molecule has 214 valence electrons. The van der Waals surface area contributed by atoms with Crippen LogP contribution in [-0.4, -0.2) is 35.1 Å². The number of nitrogens with one attached hydrogen (secondary N) is 4. The molecule has 0 unspecified atom stereocenters.